The molecule has 0 saturated heterocycles. The average molecular weight is 367 g/mol. The first-order valence-corrected chi connectivity index (χ1v) is 9.64. The van der Waals surface area contributed by atoms with E-state index in [0.717, 1.165) is 15.4 Å². The number of carbonyl (C=O) groups excluding carboxylic acids is 1. The van der Waals surface area contributed by atoms with Gasteiger partial charge in [-0.25, -0.2) is 4.79 Å². The number of ether oxygens (including phenoxy) is 1. The zero-order valence-corrected chi connectivity index (χ0v) is 15.4. The molecule has 3 aromatic carbocycles. The Kier molecular flexibility index (Phi) is 6.20. The average Bonchev–Trinajstić information content (AvgIpc) is 2.68. The molecule has 0 radical (unpaired) electrons. The van der Waals surface area contributed by atoms with Gasteiger partial charge in [-0.2, -0.15) is 0 Å². The van der Waals surface area contributed by atoms with Crippen LogP contribution in [0.4, 0.5) is 0 Å². The largest absolute Gasteiger partial charge is 0.465 e. The molecule has 0 aliphatic heterocycles. The van der Waals surface area contributed by atoms with Gasteiger partial charge in [-0.15, -0.1) is 23.5 Å². The fraction of sp³-hybridized carbons (Fsp3) is 0.0952. The van der Waals surface area contributed by atoms with Gasteiger partial charge in [0.05, 0.1) is 17.3 Å². The molecular weight excluding hydrogens is 348 g/mol. The van der Waals surface area contributed by atoms with E-state index in [2.05, 4.69) is 24.3 Å². The second kappa shape index (κ2) is 8.79. The molecule has 126 valence electrons. The summed E-state index contributed by atoms with van der Waals surface area (Å²) >= 11 is 3.47. The summed E-state index contributed by atoms with van der Waals surface area (Å²) in [5.41, 5.74) is 1.58. The van der Waals surface area contributed by atoms with Gasteiger partial charge >= 0.3 is 5.97 Å². The summed E-state index contributed by atoms with van der Waals surface area (Å²) in [5, 5.41) is 0. The van der Waals surface area contributed by atoms with Crippen molar-refractivity contribution in [2.24, 2.45) is 0 Å². The van der Waals surface area contributed by atoms with Gasteiger partial charge in [-0.3, -0.25) is 0 Å². The molecule has 0 aliphatic carbocycles. The number of rotatable bonds is 6. The summed E-state index contributed by atoms with van der Waals surface area (Å²) in [6.07, 6.45) is 0. The first-order chi connectivity index (χ1) is 12.3. The lowest BCUT2D eigenvalue weighted by Gasteiger charge is -2.19. The quantitative estimate of drug-likeness (QED) is 0.301. The molecule has 0 fully saturated rings. The van der Waals surface area contributed by atoms with Crippen molar-refractivity contribution in [1.82, 2.24) is 0 Å². The van der Waals surface area contributed by atoms with Crippen molar-refractivity contribution >= 4 is 29.5 Å². The molecule has 0 amide bonds. The highest BCUT2D eigenvalue weighted by Crippen LogP contribution is 2.47. The van der Waals surface area contributed by atoms with E-state index in [0.29, 0.717) is 5.56 Å². The Labute approximate surface area is 156 Å². The molecule has 3 rings (SSSR count). The predicted molar refractivity (Wildman–Crippen MR) is 105 cm³/mol. The van der Waals surface area contributed by atoms with Gasteiger partial charge in [0.1, 0.15) is 0 Å². The lowest BCUT2D eigenvalue weighted by molar-refractivity contribution is 0.0600. The predicted octanol–water partition coefficient (Wildman–Crippen LogP) is 6.06. The fourth-order valence-electron chi connectivity index (χ4n) is 2.39. The molecule has 25 heavy (non-hydrogen) atoms. The minimum atomic E-state index is -0.303. The third kappa shape index (κ3) is 4.68. The summed E-state index contributed by atoms with van der Waals surface area (Å²) in [6.45, 7) is 0. The van der Waals surface area contributed by atoms with Crippen molar-refractivity contribution in [2.75, 3.05) is 7.11 Å². The van der Waals surface area contributed by atoms with Crippen molar-refractivity contribution in [2.45, 2.75) is 14.4 Å². The molecule has 2 nitrogen and oxygen atoms in total. The van der Waals surface area contributed by atoms with E-state index < -0.39 is 0 Å². The Bertz CT molecular complexity index is 778. The Balaban J connectivity index is 1.97. The van der Waals surface area contributed by atoms with Crippen LogP contribution in [0.5, 0.6) is 0 Å². The normalized spacial score (nSPS) is 10.6. The van der Waals surface area contributed by atoms with Gasteiger partial charge in [0, 0.05) is 9.79 Å². The first-order valence-electron chi connectivity index (χ1n) is 7.88. The Morgan fingerprint density at radius 2 is 1.24 bits per heavy atom. The van der Waals surface area contributed by atoms with E-state index in [1.165, 1.54) is 7.11 Å². The van der Waals surface area contributed by atoms with Gasteiger partial charge in [-0.05, 0) is 35.9 Å². The maximum Gasteiger partial charge on any atom is 0.338 e. The van der Waals surface area contributed by atoms with Gasteiger partial charge in [0.2, 0.25) is 0 Å². The number of methoxy groups -OCH3 is 1. The topological polar surface area (TPSA) is 26.3 Å². The molecule has 0 atom stereocenters. The highest BCUT2D eigenvalue weighted by atomic mass is 32.2. The number of hydrogen-bond donors (Lipinski definition) is 0. The number of carbonyl (C=O) groups is 1. The third-order valence-electron chi connectivity index (χ3n) is 3.59. The second-order valence-corrected chi connectivity index (χ2v) is 7.93. The molecule has 3 aromatic rings. The van der Waals surface area contributed by atoms with Crippen LogP contribution < -0.4 is 0 Å². The molecule has 0 heterocycles. The summed E-state index contributed by atoms with van der Waals surface area (Å²) in [6, 6.07) is 28.1. The molecule has 0 aromatic heterocycles. The maximum atomic E-state index is 12.2. The number of benzene rings is 3. The van der Waals surface area contributed by atoms with E-state index in [9.17, 15) is 4.79 Å². The van der Waals surface area contributed by atoms with Crippen molar-refractivity contribution < 1.29 is 9.53 Å². The second-order valence-electron chi connectivity index (χ2n) is 5.27. The van der Waals surface area contributed by atoms with Crippen LogP contribution in [0.2, 0.25) is 0 Å². The summed E-state index contributed by atoms with van der Waals surface area (Å²) < 4.78 is 5.01. The first kappa shape index (κ1) is 17.6. The minimum absolute atomic E-state index is 0.0418. The van der Waals surface area contributed by atoms with Crippen molar-refractivity contribution in [3.8, 4) is 0 Å². The SMILES string of the molecule is COC(=O)c1ccccc1C(Sc1ccccc1)Sc1ccccc1. The minimum Gasteiger partial charge on any atom is -0.465 e. The van der Waals surface area contributed by atoms with Gasteiger partial charge in [0.15, 0.2) is 0 Å². The number of esters is 1. The fourth-order valence-corrected chi connectivity index (χ4v) is 5.04. The molecule has 0 N–H and O–H groups in total. The molecule has 0 unspecified atom stereocenters. The van der Waals surface area contributed by atoms with Crippen molar-refractivity contribution in [3.05, 3.63) is 96.1 Å². The lowest BCUT2D eigenvalue weighted by Crippen LogP contribution is -2.06. The zero-order chi connectivity index (χ0) is 17.5. The van der Waals surface area contributed by atoms with E-state index >= 15 is 0 Å². The van der Waals surface area contributed by atoms with E-state index in [-0.39, 0.29) is 10.6 Å². The highest BCUT2D eigenvalue weighted by Gasteiger charge is 2.21. The van der Waals surface area contributed by atoms with Gasteiger partial charge < -0.3 is 4.74 Å². The van der Waals surface area contributed by atoms with Crippen LogP contribution in [0.15, 0.2) is 94.7 Å². The van der Waals surface area contributed by atoms with Crippen LogP contribution in [0.3, 0.4) is 0 Å². The van der Waals surface area contributed by atoms with Crippen LogP contribution in [-0.4, -0.2) is 13.1 Å². The van der Waals surface area contributed by atoms with Crippen molar-refractivity contribution in [3.63, 3.8) is 0 Å². The lowest BCUT2D eigenvalue weighted by atomic mass is 10.1. The van der Waals surface area contributed by atoms with E-state index in [1.54, 1.807) is 23.5 Å². The molecule has 0 saturated carbocycles. The highest BCUT2D eigenvalue weighted by molar-refractivity contribution is 8.16. The molecule has 4 heteroatoms. The maximum absolute atomic E-state index is 12.2. The Hall–Kier alpha value is -2.17. The Morgan fingerprint density at radius 1 is 0.760 bits per heavy atom. The standard InChI is InChI=1S/C21H18O2S2/c1-23-20(22)18-14-8-9-15-19(18)21(24-16-10-4-2-5-11-16)25-17-12-6-3-7-13-17/h2-15,21H,1H3. The molecular formula is C21H18O2S2. The van der Waals surface area contributed by atoms with Gasteiger partial charge in [0.25, 0.3) is 0 Å². The molecule has 0 spiro atoms. The summed E-state index contributed by atoms with van der Waals surface area (Å²) in [4.78, 5) is 14.5. The van der Waals surface area contributed by atoms with Gasteiger partial charge in [-0.1, -0.05) is 54.6 Å². The van der Waals surface area contributed by atoms with Crippen molar-refractivity contribution in [1.29, 1.82) is 0 Å². The van der Waals surface area contributed by atoms with E-state index in [1.807, 2.05) is 60.7 Å². The summed E-state index contributed by atoms with van der Waals surface area (Å²) in [7, 11) is 1.42. The Morgan fingerprint density at radius 3 is 1.76 bits per heavy atom. The van der Waals surface area contributed by atoms with Crippen LogP contribution in [-0.2, 0) is 4.74 Å². The number of thioether (sulfide) groups is 2. The smallest absolute Gasteiger partial charge is 0.338 e. The zero-order valence-electron chi connectivity index (χ0n) is 13.8. The van der Waals surface area contributed by atoms with Crippen LogP contribution in [0.1, 0.15) is 20.5 Å². The summed E-state index contributed by atoms with van der Waals surface area (Å²) in [5.74, 6) is -0.303. The third-order valence-corrected chi connectivity index (χ3v) is 6.19. The monoisotopic (exact) mass is 366 g/mol. The number of hydrogen-bond acceptors (Lipinski definition) is 4. The molecule has 0 bridgehead atoms. The van der Waals surface area contributed by atoms with Crippen LogP contribution >= 0.6 is 23.5 Å². The van der Waals surface area contributed by atoms with E-state index in [4.69, 9.17) is 4.74 Å². The van der Waals surface area contributed by atoms with Crippen LogP contribution in [0.25, 0.3) is 0 Å². The molecule has 0 aliphatic rings. The van der Waals surface area contributed by atoms with Crippen LogP contribution in [0, 0.1) is 0 Å².